The number of ether oxygens (including phenoxy) is 1. The molecule has 0 bridgehead atoms. The number of hydrogen-bond donors (Lipinski definition) is 2. The minimum atomic E-state index is -0.153. The Morgan fingerprint density at radius 2 is 2.16 bits per heavy atom. The van der Waals surface area contributed by atoms with E-state index in [0.717, 1.165) is 52.1 Å². The molecule has 2 aliphatic rings. The smallest absolute Gasteiger partial charge is 0.262 e. The van der Waals surface area contributed by atoms with Gasteiger partial charge in [0.1, 0.15) is 0 Å². The Hall–Kier alpha value is -2.29. The third kappa shape index (κ3) is 4.97. The second-order valence-electron chi connectivity index (χ2n) is 8.34. The summed E-state index contributed by atoms with van der Waals surface area (Å²) in [6, 6.07) is 5.13. The summed E-state index contributed by atoms with van der Waals surface area (Å²) in [6.45, 7) is 6.68. The highest BCUT2D eigenvalue weighted by Gasteiger charge is 2.21. The van der Waals surface area contributed by atoms with Crippen molar-refractivity contribution in [3.05, 3.63) is 51.0 Å². The van der Waals surface area contributed by atoms with Gasteiger partial charge < -0.3 is 15.0 Å². The number of rotatable bonds is 6. The first-order valence-electron chi connectivity index (χ1n) is 11.1. The fourth-order valence-electron chi connectivity index (χ4n) is 4.43. The predicted octanol–water partition coefficient (Wildman–Crippen LogP) is 3.04. The Morgan fingerprint density at radius 1 is 1.35 bits per heavy atom. The zero-order valence-electron chi connectivity index (χ0n) is 17.9. The fourth-order valence-corrected chi connectivity index (χ4v) is 4.79. The van der Waals surface area contributed by atoms with Crippen LogP contribution in [-0.4, -0.2) is 59.8 Å². The van der Waals surface area contributed by atoms with Crippen LogP contribution in [0.1, 0.15) is 42.6 Å². The first kappa shape index (κ1) is 21.9. The monoisotopic (exact) mass is 442 g/mol. The van der Waals surface area contributed by atoms with Crippen LogP contribution >= 0.6 is 12.2 Å². The van der Waals surface area contributed by atoms with Gasteiger partial charge >= 0.3 is 0 Å². The lowest BCUT2D eigenvalue weighted by molar-refractivity contribution is 0.0383. The number of hydrogen-bond acceptors (Lipinski definition) is 5. The molecule has 8 heteroatoms. The summed E-state index contributed by atoms with van der Waals surface area (Å²) in [6.07, 6.45) is 7.67. The lowest BCUT2D eigenvalue weighted by Gasteiger charge is -2.26. The van der Waals surface area contributed by atoms with Crippen LogP contribution in [0.15, 0.2) is 35.1 Å². The van der Waals surface area contributed by atoms with Crippen molar-refractivity contribution in [3.63, 3.8) is 0 Å². The van der Waals surface area contributed by atoms with E-state index in [-0.39, 0.29) is 17.5 Å². The molecule has 0 saturated carbocycles. The van der Waals surface area contributed by atoms with E-state index in [1.54, 1.807) is 22.8 Å². The highest BCUT2D eigenvalue weighted by atomic mass is 32.1. The predicted molar refractivity (Wildman–Crippen MR) is 124 cm³/mol. The molecule has 1 aromatic carbocycles. The largest absolute Gasteiger partial charge is 0.379 e. The molecule has 2 N–H and O–H groups in total. The number of allylic oxidation sites excluding steroid dienone is 2. The molecule has 1 aliphatic carbocycles. The number of nitrogens with zero attached hydrogens (tertiary/aromatic N) is 2. The molecule has 2 unspecified atom stereocenters. The molecule has 2 atom stereocenters. The van der Waals surface area contributed by atoms with Crippen molar-refractivity contribution in [2.24, 2.45) is 5.92 Å². The number of H-pyrrole nitrogens is 1. The van der Waals surface area contributed by atoms with Crippen LogP contribution < -0.4 is 10.9 Å². The lowest BCUT2D eigenvalue weighted by atomic mass is 9.90. The second kappa shape index (κ2) is 9.89. The Labute approximate surface area is 187 Å². The van der Waals surface area contributed by atoms with Gasteiger partial charge in [-0.25, -0.2) is 0 Å². The number of carbonyl (C=O) groups is 1. The summed E-state index contributed by atoms with van der Waals surface area (Å²) in [7, 11) is 0. The molecule has 0 radical (unpaired) electrons. The number of nitrogens with one attached hydrogen (secondary N) is 2. The molecule has 1 saturated heterocycles. The maximum absolute atomic E-state index is 13.2. The number of amides is 1. The Kier molecular flexibility index (Phi) is 6.99. The molecule has 1 aliphatic heterocycles. The molecule has 7 nitrogen and oxygen atoms in total. The van der Waals surface area contributed by atoms with Crippen molar-refractivity contribution in [3.8, 4) is 0 Å². The fraction of sp³-hybridized carbons (Fsp3) is 0.522. The summed E-state index contributed by atoms with van der Waals surface area (Å²) in [5.41, 5.74) is 1.00. The molecule has 2 aromatic rings. The molecule has 1 aromatic heterocycles. The molecule has 2 heterocycles. The second-order valence-corrected chi connectivity index (χ2v) is 8.73. The van der Waals surface area contributed by atoms with Crippen molar-refractivity contribution in [1.29, 1.82) is 0 Å². The number of aromatic nitrogens is 2. The summed E-state index contributed by atoms with van der Waals surface area (Å²) in [5, 5.41) is 3.51. The van der Waals surface area contributed by atoms with E-state index in [1.807, 2.05) is 6.92 Å². The van der Waals surface area contributed by atoms with Crippen LogP contribution in [0.25, 0.3) is 10.9 Å². The number of morpholine rings is 1. The minimum absolute atomic E-state index is 0.0136. The minimum Gasteiger partial charge on any atom is -0.379 e. The summed E-state index contributed by atoms with van der Waals surface area (Å²) >= 11 is 5.53. The van der Waals surface area contributed by atoms with Gasteiger partial charge in [0.25, 0.3) is 11.5 Å². The van der Waals surface area contributed by atoms with Gasteiger partial charge in [0.05, 0.1) is 24.1 Å². The first-order valence-corrected chi connectivity index (χ1v) is 11.5. The number of fused-ring (bicyclic) bond motifs is 1. The quantitative estimate of drug-likeness (QED) is 0.531. The SMILES string of the molecule is CC(C1C=CCCC1)n1c(=S)[nH]c2cc(C(=O)NCCN3CCOCC3)ccc2c1=O. The Balaban J connectivity index is 1.50. The van der Waals surface area contributed by atoms with Gasteiger partial charge in [-0.2, -0.15) is 0 Å². The highest BCUT2D eigenvalue weighted by molar-refractivity contribution is 7.71. The Bertz CT molecular complexity index is 1080. The van der Waals surface area contributed by atoms with Crippen LogP contribution in [0, 0.1) is 10.7 Å². The summed E-state index contributed by atoms with van der Waals surface area (Å²) in [4.78, 5) is 31.2. The van der Waals surface area contributed by atoms with Gasteiger partial charge in [-0.1, -0.05) is 12.2 Å². The summed E-state index contributed by atoms with van der Waals surface area (Å²) in [5.74, 6) is 0.148. The average molecular weight is 443 g/mol. The first-order chi connectivity index (χ1) is 15.0. The zero-order chi connectivity index (χ0) is 21.8. The Morgan fingerprint density at radius 3 is 2.90 bits per heavy atom. The van der Waals surface area contributed by atoms with Crippen LogP contribution in [0.4, 0.5) is 0 Å². The van der Waals surface area contributed by atoms with Gasteiger partial charge in [-0.3, -0.25) is 19.1 Å². The molecular weight excluding hydrogens is 412 g/mol. The van der Waals surface area contributed by atoms with Crippen molar-refractivity contribution in [2.45, 2.75) is 32.2 Å². The topological polar surface area (TPSA) is 79.4 Å². The van der Waals surface area contributed by atoms with E-state index in [9.17, 15) is 9.59 Å². The molecule has 0 spiro atoms. The maximum atomic E-state index is 13.2. The van der Waals surface area contributed by atoms with E-state index in [0.29, 0.717) is 33.7 Å². The zero-order valence-corrected chi connectivity index (χ0v) is 18.7. The molecule has 31 heavy (non-hydrogen) atoms. The molecule has 1 fully saturated rings. The van der Waals surface area contributed by atoms with E-state index in [4.69, 9.17) is 17.0 Å². The standard InChI is InChI=1S/C23H30N4O3S/c1-16(17-5-3-2-4-6-17)27-22(29)19-8-7-18(15-20(19)25-23(27)31)21(28)24-9-10-26-11-13-30-14-12-26/h3,5,7-8,15-17H,2,4,6,9-14H2,1H3,(H,24,28)(H,25,31). The van der Waals surface area contributed by atoms with Gasteiger partial charge in [0.15, 0.2) is 4.77 Å². The third-order valence-corrected chi connectivity index (χ3v) is 6.63. The molecule has 4 rings (SSSR count). The molecular formula is C23H30N4O3S. The van der Waals surface area contributed by atoms with Crippen LogP contribution in [0.2, 0.25) is 0 Å². The van der Waals surface area contributed by atoms with Crippen LogP contribution in [-0.2, 0) is 4.74 Å². The van der Waals surface area contributed by atoms with Crippen molar-refractivity contribution < 1.29 is 9.53 Å². The van der Waals surface area contributed by atoms with Gasteiger partial charge in [0.2, 0.25) is 0 Å². The summed E-state index contributed by atoms with van der Waals surface area (Å²) < 4.78 is 7.42. The van der Waals surface area contributed by atoms with E-state index in [2.05, 4.69) is 27.4 Å². The van der Waals surface area contributed by atoms with Gasteiger partial charge in [-0.15, -0.1) is 0 Å². The number of carbonyl (C=O) groups excluding carboxylic acids is 1. The number of benzene rings is 1. The van der Waals surface area contributed by atoms with Crippen molar-refractivity contribution in [2.75, 3.05) is 39.4 Å². The van der Waals surface area contributed by atoms with Gasteiger partial charge in [0, 0.05) is 37.8 Å². The maximum Gasteiger partial charge on any atom is 0.262 e. The van der Waals surface area contributed by atoms with E-state index in [1.165, 1.54) is 0 Å². The van der Waals surface area contributed by atoms with Crippen molar-refractivity contribution in [1.82, 2.24) is 19.8 Å². The van der Waals surface area contributed by atoms with Gasteiger partial charge in [-0.05, 0) is 62.5 Å². The number of aromatic amines is 1. The molecule has 166 valence electrons. The van der Waals surface area contributed by atoms with Crippen LogP contribution in [0.3, 0.4) is 0 Å². The molecule has 1 amide bonds. The van der Waals surface area contributed by atoms with Crippen molar-refractivity contribution >= 4 is 29.0 Å². The average Bonchev–Trinajstić information content (AvgIpc) is 2.80. The highest BCUT2D eigenvalue weighted by Crippen LogP contribution is 2.27. The lowest BCUT2D eigenvalue weighted by Crippen LogP contribution is -2.41. The van der Waals surface area contributed by atoms with E-state index < -0.39 is 0 Å². The third-order valence-electron chi connectivity index (χ3n) is 6.33. The normalized spacial score (nSPS) is 20.6. The van der Waals surface area contributed by atoms with E-state index >= 15 is 0 Å². The van der Waals surface area contributed by atoms with Crippen LogP contribution in [0.5, 0.6) is 0 Å².